The Bertz CT molecular complexity index is 1200. The van der Waals surface area contributed by atoms with Crippen molar-refractivity contribution in [2.45, 2.75) is 39.8 Å². The molecule has 8 heteroatoms. The first-order valence-corrected chi connectivity index (χ1v) is 12.3. The van der Waals surface area contributed by atoms with Crippen LogP contribution in [0, 0.1) is 13.8 Å². The van der Waals surface area contributed by atoms with Gasteiger partial charge in [0, 0.05) is 43.9 Å². The van der Waals surface area contributed by atoms with Crippen LogP contribution in [0.5, 0.6) is 0 Å². The van der Waals surface area contributed by atoms with E-state index in [1.807, 2.05) is 54.9 Å². The zero-order valence-corrected chi connectivity index (χ0v) is 21.3. The average Bonchev–Trinajstić information content (AvgIpc) is 3.20. The van der Waals surface area contributed by atoms with Gasteiger partial charge in [0.2, 0.25) is 0 Å². The molecule has 0 bridgehead atoms. The largest absolute Gasteiger partial charge is 0.469 e. The van der Waals surface area contributed by atoms with Gasteiger partial charge in [-0.2, -0.15) is 5.10 Å². The van der Waals surface area contributed by atoms with Crippen LogP contribution >= 0.6 is 0 Å². The maximum Gasteiger partial charge on any atom is 0.305 e. The molecule has 0 spiro atoms. The van der Waals surface area contributed by atoms with Crippen molar-refractivity contribution in [3.8, 4) is 5.69 Å². The summed E-state index contributed by atoms with van der Waals surface area (Å²) in [5.74, 6) is -0.351. The number of ether oxygens (including phenoxy) is 2. The molecule has 0 aliphatic carbocycles. The molecule has 0 atom stereocenters. The highest BCUT2D eigenvalue weighted by Crippen LogP contribution is 2.20. The average molecular weight is 491 g/mol. The number of esters is 1. The standard InChI is InChI=1S/C28H34N4O4/c1-20-26(12-13-27(33)35-3)21(2)32(30-20)25-10-8-22(9-11-25)28(34)29-18-23-6-4-5-7-24(23)19-31-14-16-36-17-15-31/h4-11H,12-19H2,1-3H3,(H,29,34). The molecule has 0 saturated carbocycles. The molecule has 1 saturated heterocycles. The molecule has 1 N–H and O–H groups in total. The Balaban J connectivity index is 1.39. The van der Waals surface area contributed by atoms with Crippen molar-refractivity contribution < 1.29 is 19.1 Å². The number of rotatable bonds is 9. The van der Waals surface area contributed by atoms with Crippen molar-refractivity contribution >= 4 is 11.9 Å². The minimum atomic E-state index is -0.236. The Kier molecular flexibility index (Phi) is 8.51. The molecular weight excluding hydrogens is 456 g/mol. The van der Waals surface area contributed by atoms with Gasteiger partial charge in [-0.3, -0.25) is 14.5 Å². The van der Waals surface area contributed by atoms with Crippen molar-refractivity contribution in [2.75, 3.05) is 33.4 Å². The smallest absolute Gasteiger partial charge is 0.305 e. The first-order chi connectivity index (χ1) is 17.5. The lowest BCUT2D eigenvalue weighted by molar-refractivity contribution is -0.140. The van der Waals surface area contributed by atoms with Crippen LogP contribution in [0.2, 0.25) is 0 Å². The molecule has 1 amide bonds. The van der Waals surface area contributed by atoms with E-state index in [9.17, 15) is 9.59 Å². The van der Waals surface area contributed by atoms with Crippen molar-refractivity contribution in [1.29, 1.82) is 0 Å². The molecule has 3 aromatic rings. The van der Waals surface area contributed by atoms with E-state index in [0.29, 0.717) is 24.9 Å². The van der Waals surface area contributed by atoms with Crippen LogP contribution in [0.3, 0.4) is 0 Å². The maximum absolute atomic E-state index is 12.9. The fraction of sp³-hybridized carbons (Fsp3) is 0.393. The van der Waals surface area contributed by atoms with Crippen molar-refractivity contribution in [3.05, 3.63) is 82.2 Å². The Morgan fingerprint density at radius 3 is 2.42 bits per heavy atom. The minimum Gasteiger partial charge on any atom is -0.469 e. The Morgan fingerprint density at radius 2 is 1.72 bits per heavy atom. The zero-order valence-electron chi connectivity index (χ0n) is 21.3. The number of nitrogens with one attached hydrogen (secondary N) is 1. The van der Waals surface area contributed by atoms with E-state index in [1.165, 1.54) is 12.7 Å². The molecule has 1 aromatic heterocycles. The summed E-state index contributed by atoms with van der Waals surface area (Å²) in [6, 6.07) is 15.7. The summed E-state index contributed by atoms with van der Waals surface area (Å²) < 4.78 is 12.1. The van der Waals surface area contributed by atoms with Crippen molar-refractivity contribution in [3.63, 3.8) is 0 Å². The molecule has 36 heavy (non-hydrogen) atoms. The summed E-state index contributed by atoms with van der Waals surface area (Å²) in [5.41, 5.74) is 6.71. The molecule has 2 aromatic carbocycles. The number of morpholine rings is 1. The fourth-order valence-electron chi connectivity index (χ4n) is 4.53. The van der Waals surface area contributed by atoms with E-state index in [1.54, 1.807) is 0 Å². The number of carbonyl (C=O) groups excluding carboxylic acids is 2. The van der Waals surface area contributed by atoms with Gasteiger partial charge in [0.05, 0.1) is 31.7 Å². The van der Waals surface area contributed by atoms with Gasteiger partial charge in [-0.1, -0.05) is 24.3 Å². The summed E-state index contributed by atoms with van der Waals surface area (Å²) in [6.07, 6.45) is 0.899. The van der Waals surface area contributed by atoms with Crippen molar-refractivity contribution in [2.24, 2.45) is 0 Å². The van der Waals surface area contributed by atoms with Crippen LogP contribution in [-0.2, 0) is 33.8 Å². The predicted molar refractivity (Wildman–Crippen MR) is 137 cm³/mol. The molecule has 4 rings (SSSR count). The Hall–Kier alpha value is -3.49. The van der Waals surface area contributed by atoms with Crippen LogP contribution in [0.15, 0.2) is 48.5 Å². The van der Waals surface area contributed by atoms with Gasteiger partial charge in [-0.25, -0.2) is 4.68 Å². The predicted octanol–water partition coefficient (Wildman–Crippen LogP) is 3.36. The van der Waals surface area contributed by atoms with Crippen LogP contribution in [-0.4, -0.2) is 60.0 Å². The molecule has 1 aliphatic rings. The number of nitrogens with zero attached hydrogens (tertiary/aromatic N) is 3. The van der Waals surface area contributed by atoms with Gasteiger partial charge >= 0.3 is 5.97 Å². The molecule has 1 fully saturated rings. The lowest BCUT2D eigenvalue weighted by Gasteiger charge is -2.27. The lowest BCUT2D eigenvalue weighted by atomic mass is 10.1. The van der Waals surface area contributed by atoms with Gasteiger partial charge in [-0.15, -0.1) is 0 Å². The SMILES string of the molecule is COC(=O)CCc1c(C)nn(-c2ccc(C(=O)NCc3ccccc3CN3CCOCC3)cc2)c1C. The van der Waals surface area contributed by atoms with E-state index >= 15 is 0 Å². The summed E-state index contributed by atoms with van der Waals surface area (Å²) >= 11 is 0. The van der Waals surface area contributed by atoms with Crippen LogP contribution < -0.4 is 5.32 Å². The molecule has 0 unspecified atom stereocenters. The second-order valence-electron chi connectivity index (χ2n) is 9.02. The third kappa shape index (κ3) is 6.19. The van der Waals surface area contributed by atoms with Crippen LogP contribution in [0.25, 0.3) is 5.69 Å². The van der Waals surface area contributed by atoms with Gasteiger partial charge < -0.3 is 14.8 Å². The third-order valence-corrected chi connectivity index (χ3v) is 6.68. The van der Waals surface area contributed by atoms with E-state index in [0.717, 1.165) is 61.1 Å². The molecule has 0 radical (unpaired) electrons. The fourth-order valence-corrected chi connectivity index (χ4v) is 4.53. The monoisotopic (exact) mass is 490 g/mol. The topological polar surface area (TPSA) is 85.7 Å². The molecular formula is C28H34N4O4. The highest BCUT2D eigenvalue weighted by molar-refractivity contribution is 5.94. The lowest BCUT2D eigenvalue weighted by Crippen LogP contribution is -2.36. The summed E-state index contributed by atoms with van der Waals surface area (Å²) in [4.78, 5) is 26.8. The van der Waals surface area contributed by atoms with Gasteiger partial charge in [0.1, 0.15) is 0 Å². The number of aromatic nitrogens is 2. The first-order valence-electron chi connectivity index (χ1n) is 12.3. The van der Waals surface area contributed by atoms with Gasteiger partial charge in [0.15, 0.2) is 0 Å². The highest BCUT2D eigenvalue weighted by Gasteiger charge is 2.16. The normalized spacial score (nSPS) is 14.0. The number of hydrogen-bond acceptors (Lipinski definition) is 6. The second kappa shape index (κ2) is 12.0. The number of hydrogen-bond donors (Lipinski definition) is 1. The van der Waals surface area contributed by atoms with Crippen LogP contribution in [0.4, 0.5) is 0 Å². The summed E-state index contributed by atoms with van der Waals surface area (Å²) in [7, 11) is 1.40. The number of carbonyl (C=O) groups is 2. The Morgan fingerprint density at radius 1 is 1.03 bits per heavy atom. The number of benzene rings is 2. The number of amides is 1. The van der Waals surface area contributed by atoms with E-state index in [2.05, 4.69) is 27.4 Å². The first kappa shape index (κ1) is 25.6. The third-order valence-electron chi connectivity index (χ3n) is 6.68. The minimum absolute atomic E-state index is 0.116. The number of aryl methyl sites for hydroxylation is 1. The van der Waals surface area contributed by atoms with E-state index < -0.39 is 0 Å². The Labute approximate surface area is 212 Å². The molecule has 1 aliphatic heterocycles. The van der Waals surface area contributed by atoms with E-state index in [-0.39, 0.29) is 11.9 Å². The zero-order chi connectivity index (χ0) is 25.5. The van der Waals surface area contributed by atoms with Crippen LogP contribution in [0.1, 0.15) is 44.9 Å². The summed E-state index contributed by atoms with van der Waals surface area (Å²) in [5, 5.41) is 7.71. The highest BCUT2D eigenvalue weighted by atomic mass is 16.5. The second-order valence-corrected chi connectivity index (χ2v) is 9.02. The molecule has 8 nitrogen and oxygen atoms in total. The summed E-state index contributed by atoms with van der Waals surface area (Å²) in [6.45, 7) is 8.64. The van der Waals surface area contributed by atoms with Gasteiger partial charge in [0.25, 0.3) is 5.91 Å². The molecule has 2 heterocycles. The molecule has 190 valence electrons. The number of methoxy groups -OCH3 is 1. The van der Waals surface area contributed by atoms with Gasteiger partial charge in [-0.05, 0) is 61.2 Å². The van der Waals surface area contributed by atoms with Crippen molar-refractivity contribution in [1.82, 2.24) is 20.0 Å². The maximum atomic E-state index is 12.9. The quantitative estimate of drug-likeness (QED) is 0.463. The van der Waals surface area contributed by atoms with E-state index in [4.69, 9.17) is 9.47 Å².